The Kier molecular flexibility index (Phi) is 2.73. The van der Waals surface area contributed by atoms with Crippen molar-refractivity contribution >= 4 is 23.4 Å². The van der Waals surface area contributed by atoms with Crippen LogP contribution in [0, 0.1) is 0 Å². The van der Waals surface area contributed by atoms with E-state index in [2.05, 4.69) is 0 Å². The van der Waals surface area contributed by atoms with Gasteiger partial charge in [-0.15, -0.1) is 0 Å². The molecule has 2 rings (SSSR count). The Morgan fingerprint density at radius 2 is 1.93 bits per heavy atom. The van der Waals surface area contributed by atoms with E-state index in [4.69, 9.17) is 11.6 Å². The van der Waals surface area contributed by atoms with Gasteiger partial charge in [-0.2, -0.15) is 0 Å². The van der Waals surface area contributed by atoms with E-state index < -0.39 is 0 Å². The van der Waals surface area contributed by atoms with Crippen LogP contribution in [0.5, 0.6) is 0 Å². The van der Waals surface area contributed by atoms with Gasteiger partial charge in [0, 0.05) is 23.6 Å². The average molecular weight is 224 g/mol. The summed E-state index contributed by atoms with van der Waals surface area (Å²) in [6, 6.07) is 6.57. The summed E-state index contributed by atoms with van der Waals surface area (Å²) in [4.78, 5) is 24.5. The van der Waals surface area contributed by atoms with Crippen LogP contribution in [0.15, 0.2) is 24.3 Å². The molecule has 1 aliphatic heterocycles. The molecule has 1 aliphatic rings. The monoisotopic (exact) mass is 223 g/mol. The van der Waals surface area contributed by atoms with Gasteiger partial charge < -0.3 is 0 Å². The van der Waals surface area contributed by atoms with Gasteiger partial charge in [-0.3, -0.25) is 14.5 Å². The number of imide groups is 1. The van der Waals surface area contributed by atoms with Crippen LogP contribution in [0.2, 0.25) is 5.02 Å². The number of rotatable bonds is 1. The third-order valence-corrected chi connectivity index (χ3v) is 2.66. The van der Waals surface area contributed by atoms with E-state index in [-0.39, 0.29) is 11.8 Å². The predicted octanol–water partition coefficient (Wildman–Crippen LogP) is 2.10. The Morgan fingerprint density at radius 3 is 2.47 bits per heavy atom. The van der Waals surface area contributed by atoms with Gasteiger partial charge in [-0.05, 0) is 30.7 Å². The summed E-state index contributed by atoms with van der Waals surface area (Å²) in [5.74, 6) is -0.316. The summed E-state index contributed by atoms with van der Waals surface area (Å²) >= 11 is 5.71. The van der Waals surface area contributed by atoms with E-state index in [9.17, 15) is 9.59 Å². The molecule has 0 N–H and O–H groups in total. The van der Waals surface area contributed by atoms with Crippen molar-refractivity contribution in [2.45, 2.75) is 12.8 Å². The lowest BCUT2D eigenvalue weighted by Gasteiger charge is -2.13. The Bertz CT molecular complexity index is 400. The first kappa shape index (κ1) is 10.2. The number of hydrogen-bond donors (Lipinski definition) is 0. The van der Waals surface area contributed by atoms with E-state index in [0.717, 1.165) is 6.42 Å². The number of likely N-dealkylation sites (tertiary alicyclic amines) is 1. The molecule has 0 radical (unpaired) electrons. The number of benzene rings is 1. The van der Waals surface area contributed by atoms with E-state index >= 15 is 0 Å². The van der Waals surface area contributed by atoms with Crippen molar-refractivity contribution in [1.29, 1.82) is 0 Å². The minimum atomic E-state index is -0.228. The van der Waals surface area contributed by atoms with Crippen molar-refractivity contribution in [1.82, 2.24) is 4.90 Å². The lowest BCUT2D eigenvalue weighted by Crippen LogP contribution is -2.31. The minimum Gasteiger partial charge on any atom is -0.279 e. The van der Waals surface area contributed by atoms with E-state index in [1.165, 1.54) is 4.90 Å². The van der Waals surface area contributed by atoms with Gasteiger partial charge in [0.15, 0.2) is 0 Å². The quantitative estimate of drug-likeness (QED) is 0.684. The van der Waals surface area contributed by atoms with Crippen LogP contribution in [-0.4, -0.2) is 23.3 Å². The molecule has 1 aromatic carbocycles. The van der Waals surface area contributed by atoms with Crippen LogP contribution in [-0.2, 0) is 4.79 Å². The van der Waals surface area contributed by atoms with Gasteiger partial charge in [-0.1, -0.05) is 11.6 Å². The van der Waals surface area contributed by atoms with Gasteiger partial charge in [0.05, 0.1) is 0 Å². The maximum absolute atomic E-state index is 11.8. The van der Waals surface area contributed by atoms with Crippen LogP contribution in [0.3, 0.4) is 0 Å². The molecular weight excluding hydrogens is 214 g/mol. The molecule has 0 spiro atoms. The molecule has 78 valence electrons. The van der Waals surface area contributed by atoms with Crippen molar-refractivity contribution in [2.75, 3.05) is 6.54 Å². The third kappa shape index (κ3) is 2.02. The zero-order valence-electron chi connectivity index (χ0n) is 8.07. The van der Waals surface area contributed by atoms with E-state index in [1.807, 2.05) is 0 Å². The molecule has 2 amide bonds. The first-order chi connectivity index (χ1) is 7.18. The minimum absolute atomic E-state index is 0.0880. The predicted molar refractivity (Wildman–Crippen MR) is 56.7 cm³/mol. The Labute approximate surface area is 92.6 Å². The van der Waals surface area contributed by atoms with Crippen LogP contribution in [0.25, 0.3) is 0 Å². The van der Waals surface area contributed by atoms with Crippen molar-refractivity contribution in [2.24, 2.45) is 0 Å². The summed E-state index contributed by atoms with van der Waals surface area (Å²) in [5.41, 5.74) is 0.509. The van der Waals surface area contributed by atoms with Gasteiger partial charge >= 0.3 is 0 Å². The molecule has 4 heteroatoms. The molecular formula is C11H10ClNO2. The highest BCUT2D eigenvalue weighted by Crippen LogP contribution is 2.16. The number of halogens is 1. The van der Waals surface area contributed by atoms with Crippen molar-refractivity contribution in [3.63, 3.8) is 0 Å². The number of nitrogens with zero attached hydrogens (tertiary/aromatic N) is 1. The number of carbonyl (C=O) groups excluding carboxylic acids is 2. The van der Waals surface area contributed by atoms with Crippen LogP contribution in [0.1, 0.15) is 23.2 Å². The second-order valence-electron chi connectivity index (χ2n) is 3.46. The van der Waals surface area contributed by atoms with Crippen molar-refractivity contribution in [3.8, 4) is 0 Å². The molecule has 1 aromatic rings. The van der Waals surface area contributed by atoms with Gasteiger partial charge in [-0.25, -0.2) is 0 Å². The maximum Gasteiger partial charge on any atom is 0.260 e. The Hall–Kier alpha value is -1.35. The molecule has 3 nitrogen and oxygen atoms in total. The zero-order valence-corrected chi connectivity index (χ0v) is 8.83. The fourth-order valence-corrected chi connectivity index (χ4v) is 1.74. The highest BCUT2D eigenvalue weighted by atomic mass is 35.5. The standard InChI is InChI=1S/C11H10ClNO2/c12-9-5-3-8(4-6-9)11(15)13-7-1-2-10(13)14/h3-6H,1-2,7H2. The SMILES string of the molecule is O=C1CCCN1C(=O)c1ccc(Cl)cc1. The molecule has 1 fully saturated rings. The lowest BCUT2D eigenvalue weighted by atomic mass is 10.2. The van der Waals surface area contributed by atoms with Crippen LogP contribution in [0.4, 0.5) is 0 Å². The van der Waals surface area contributed by atoms with Crippen molar-refractivity contribution < 1.29 is 9.59 Å². The second-order valence-corrected chi connectivity index (χ2v) is 3.90. The molecule has 0 saturated carbocycles. The molecule has 0 aliphatic carbocycles. The fourth-order valence-electron chi connectivity index (χ4n) is 1.61. The van der Waals surface area contributed by atoms with Crippen molar-refractivity contribution in [3.05, 3.63) is 34.9 Å². The first-order valence-corrected chi connectivity index (χ1v) is 5.16. The Balaban J connectivity index is 2.20. The zero-order chi connectivity index (χ0) is 10.8. The number of amides is 2. The summed E-state index contributed by atoms with van der Waals surface area (Å²) in [6.07, 6.45) is 1.23. The molecule has 15 heavy (non-hydrogen) atoms. The molecule has 0 bridgehead atoms. The van der Waals surface area contributed by atoms with E-state index in [1.54, 1.807) is 24.3 Å². The maximum atomic E-state index is 11.8. The smallest absolute Gasteiger partial charge is 0.260 e. The van der Waals surface area contributed by atoms with Crippen LogP contribution >= 0.6 is 11.6 Å². The lowest BCUT2D eigenvalue weighted by molar-refractivity contribution is -0.125. The van der Waals surface area contributed by atoms with Crippen LogP contribution < -0.4 is 0 Å². The van der Waals surface area contributed by atoms with Gasteiger partial charge in [0.2, 0.25) is 5.91 Å². The normalized spacial score (nSPS) is 15.8. The van der Waals surface area contributed by atoms with Gasteiger partial charge in [0.1, 0.15) is 0 Å². The molecule has 1 heterocycles. The third-order valence-electron chi connectivity index (χ3n) is 2.41. The Morgan fingerprint density at radius 1 is 1.27 bits per heavy atom. The number of carbonyl (C=O) groups is 2. The highest BCUT2D eigenvalue weighted by molar-refractivity contribution is 6.30. The molecule has 0 atom stereocenters. The van der Waals surface area contributed by atoms with Gasteiger partial charge in [0.25, 0.3) is 5.91 Å². The van der Waals surface area contributed by atoms with E-state index in [0.29, 0.717) is 23.6 Å². The largest absolute Gasteiger partial charge is 0.279 e. The fraction of sp³-hybridized carbons (Fsp3) is 0.273. The average Bonchev–Trinajstić information content (AvgIpc) is 2.65. The second kappa shape index (κ2) is 4.03. The summed E-state index contributed by atoms with van der Waals surface area (Å²) in [5, 5.41) is 0.583. The molecule has 0 aromatic heterocycles. The highest BCUT2D eigenvalue weighted by Gasteiger charge is 2.26. The molecule has 1 saturated heterocycles. The number of hydrogen-bond acceptors (Lipinski definition) is 2. The summed E-state index contributed by atoms with van der Waals surface area (Å²) < 4.78 is 0. The molecule has 0 unspecified atom stereocenters. The topological polar surface area (TPSA) is 37.4 Å². The summed E-state index contributed by atoms with van der Waals surface area (Å²) in [6.45, 7) is 0.528. The summed E-state index contributed by atoms with van der Waals surface area (Å²) in [7, 11) is 0. The first-order valence-electron chi connectivity index (χ1n) is 4.79.